The molecule has 27 heavy (non-hydrogen) atoms. The van der Waals surface area contributed by atoms with Gasteiger partial charge in [0.2, 0.25) is 0 Å². The first kappa shape index (κ1) is 18.8. The van der Waals surface area contributed by atoms with Crippen LogP contribution < -0.4 is 5.48 Å². The molecule has 0 saturated heterocycles. The van der Waals surface area contributed by atoms with Crippen LogP contribution in [0.15, 0.2) is 64.3 Å². The molecule has 1 heterocycles. The van der Waals surface area contributed by atoms with Gasteiger partial charge in [-0.1, -0.05) is 47.1 Å². The van der Waals surface area contributed by atoms with Gasteiger partial charge in [0, 0.05) is 24.1 Å². The van der Waals surface area contributed by atoms with Crippen LogP contribution in [0.1, 0.15) is 16.8 Å². The average Bonchev–Trinajstić information content (AvgIpc) is 3.11. The van der Waals surface area contributed by atoms with Crippen LogP contribution in [0.5, 0.6) is 0 Å². The van der Waals surface area contributed by atoms with Crippen LogP contribution >= 0.6 is 11.6 Å². The lowest BCUT2D eigenvalue weighted by atomic mass is 10.0. The molecule has 138 valence electrons. The van der Waals surface area contributed by atoms with Crippen molar-refractivity contribution < 1.29 is 14.1 Å². The van der Waals surface area contributed by atoms with Crippen molar-refractivity contribution in [1.82, 2.24) is 10.6 Å². The molecule has 0 amide bonds. The third-order valence-electron chi connectivity index (χ3n) is 3.78. The zero-order valence-corrected chi connectivity index (χ0v) is 14.9. The van der Waals surface area contributed by atoms with E-state index in [2.05, 4.69) is 10.1 Å². The highest BCUT2D eigenvalue weighted by atomic mass is 35.5. The summed E-state index contributed by atoms with van der Waals surface area (Å²) in [6, 6.07) is 13.6. The van der Waals surface area contributed by atoms with Crippen molar-refractivity contribution >= 4 is 28.8 Å². The molecule has 0 aliphatic rings. The Kier molecular flexibility index (Phi) is 5.95. The van der Waals surface area contributed by atoms with E-state index in [4.69, 9.17) is 21.5 Å². The molecule has 8 heteroatoms. The smallest absolute Gasteiger partial charge is 0.180 e. The second kappa shape index (κ2) is 8.57. The molecular weight excluding hydrogens is 371 g/mol. The van der Waals surface area contributed by atoms with Crippen molar-refractivity contribution in [3.05, 3.63) is 82.5 Å². The third-order valence-corrected chi connectivity index (χ3v) is 4.07. The summed E-state index contributed by atoms with van der Waals surface area (Å²) in [7, 11) is 0. The number of nitrogens with one attached hydrogen (secondary N) is 2. The number of benzene rings is 2. The van der Waals surface area contributed by atoms with E-state index < -0.39 is 5.82 Å². The van der Waals surface area contributed by atoms with Gasteiger partial charge in [-0.25, -0.2) is 9.38 Å². The first-order valence-corrected chi connectivity index (χ1v) is 8.42. The number of amidine groups is 1. The molecule has 0 spiro atoms. The Morgan fingerprint density at radius 3 is 2.70 bits per heavy atom. The van der Waals surface area contributed by atoms with Crippen molar-refractivity contribution in [1.29, 1.82) is 5.41 Å². The highest BCUT2D eigenvalue weighted by molar-refractivity contribution is 6.31. The normalized spacial score (nSPS) is 11.4. The van der Waals surface area contributed by atoms with Crippen molar-refractivity contribution in [3.63, 3.8) is 0 Å². The minimum atomic E-state index is -0.564. The SMILES string of the molecule is N=C(Cc1ccccc1)Cc1conc1C(=Nc1ccc(F)c(Cl)c1)NO. The summed E-state index contributed by atoms with van der Waals surface area (Å²) in [6.45, 7) is 0. The van der Waals surface area contributed by atoms with Crippen molar-refractivity contribution in [2.24, 2.45) is 4.99 Å². The third kappa shape index (κ3) is 4.78. The summed E-state index contributed by atoms with van der Waals surface area (Å²) < 4.78 is 18.3. The number of hydroxylamine groups is 1. The second-order valence-corrected chi connectivity index (χ2v) is 6.21. The molecule has 3 N–H and O–H groups in total. The average molecular weight is 387 g/mol. The van der Waals surface area contributed by atoms with Gasteiger partial charge in [-0.05, 0) is 23.8 Å². The number of halogens is 2. The van der Waals surface area contributed by atoms with Gasteiger partial charge in [0.15, 0.2) is 11.5 Å². The van der Waals surface area contributed by atoms with Crippen molar-refractivity contribution in [2.75, 3.05) is 0 Å². The number of nitrogens with zero attached hydrogens (tertiary/aromatic N) is 2. The van der Waals surface area contributed by atoms with Gasteiger partial charge in [0.1, 0.15) is 12.1 Å². The topological polar surface area (TPSA) is 94.5 Å². The summed E-state index contributed by atoms with van der Waals surface area (Å²) in [6.07, 6.45) is 2.16. The lowest BCUT2D eigenvalue weighted by Crippen LogP contribution is -2.22. The van der Waals surface area contributed by atoms with E-state index in [1.54, 1.807) is 0 Å². The van der Waals surface area contributed by atoms with E-state index in [1.165, 1.54) is 24.5 Å². The Hall–Kier alpha value is -3.03. The van der Waals surface area contributed by atoms with E-state index in [0.717, 1.165) is 5.56 Å². The molecule has 0 saturated carbocycles. The highest BCUT2D eigenvalue weighted by Crippen LogP contribution is 2.22. The zero-order valence-electron chi connectivity index (χ0n) is 14.1. The van der Waals surface area contributed by atoms with E-state index in [-0.39, 0.29) is 23.0 Å². The highest BCUT2D eigenvalue weighted by Gasteiger charge is 2.16. The summed E-state index contributed by atoms with van der Waals surface area (Å²) in [5.74, 6) is -0.556. The van der Waals surface area contributed by atoms with Gasteiger partial charge < -0.3 is 9.93 Å². The van der Waals surface area contributed by atoms with Crippen molar-refractivity contribution in [3.8, 4) is 0 Å². The van der Waals surface area contributed by atoms with Gasteiger partial charge in [-0.2, -0.15) is 0 Å². The molecule has 3 rings (SSSR count). The molecule has 1 aromatic heterocycles. The molecule has 3 aromatic rings. The predicted octanol–water partition coefficient (Wildman–Crippen LogP) is 4.33. The lowest BCUT2D eigenvalue weighted by molar-refractivity contribution is 0.234. The molecule has 2 aromatic carbocycles. The van der Waals surface area contributed by atoms with Gasteiger partial charge in [-0.3, -0.25) is 10.7 Å². The fourth-order valence-electron chi connectivity index (χ4n) is 2.53. The maximum absolute atomic E-state index is 13.3. The Morgan fingerprint density at radius 2 is 2.00 bits per heavy atom. The first-order valence-electron chi connectivity index (χ1n) is 8.04. The second-order valence-electron chi connectivity index (χ2n) is 5.80. The summed E-state index contributed by atoms with van der Waals surface area (Å²) in [5, 5.41) is 21.4. The van der Waals surface area contributed by atoms with Gasteiger partial charge in [0.25, 0.3) is 0 Å². The molecule has 0 aliphatic heterocycles. The minimum Gasteiger partial charge on any atom is -0.364 e. The van der Waals surface area contributed by atoms with Crippen LogP contribution in [0.25, 0.3) is 0 Å². The summed E-state index contributed by atoms with van der Waals surface area (Å²) in [4.78, 5) is 4.18. The first-order chi connectivity index (χ1) is 13.1. The van der Waals surface area contributed by atoms with Crippen LogP contribution in [-0.4, -0.2) is 21.9 Å². The molecule has 0 fully saturated rings. The van der Waals surface area contributed by atoms with E-state index in [9.17, 15) is 9.60 Å². The molecular formula is C19H16ClFN4O2. The Morgan fingerprint density at radius 1 is 1.22 bits per heavy atom. The van der Waals surface area contributed by atoms with Crippen LogP contribution in [-0.2, 0) is 12.8 Å². The van der Waals surface area contributed by atoms with Crippen molar-refractivity contribution in [2.45, 2.75) is 12.8 Å². The predicted molar refractivity (Wildman–Crippen MR) is 101 cm³/mol. The number of aliphatic imine (C=N–C) groups is 1. The Bertz CT molecular complexity index is 973. The molecule has 0 radical (unpaired) electrons. The summed E-state index contributed by atoms with van der Waals surface area (Å²) in [5.41, 5.74) is 4.62. The Labute approximate surface area is 159 Å². The molecule has 0 bridgehead atoms. The van der Waals surface area contributed by atoms with E-state index >= 15 is 0 Å². The molecule has 6 nitrogen and oxygen atoms in total. The van der Waals surface area contributed by atoms with Crippen LogP contribution in [0.4, 0.5) is 10.1 Å². The van der Waals surface area contributed by atoms with E-state index in [1.807, 2.05) is 35.8 Å². The van der Waals surface area contributed by atoms with Crippen LogP contribution in [0, 0.1) is 11.2 Å². The van der Waals surface area contributed by atoms with Gasteiger partial charge in [0.05, 0.1) is 10.7 Å². The fourth-order valence-corrected chi connectivity index (χ4v) is 2.70. The monoisotopic (exact) mass is 386 g/mol. The molecule has 0 aliphatic carbocycles. The number of hydrogen-bond acceptors (Lipinski definition) is 5. The summed E-state index contributed by atoms with van der Waals surface area (Å²) >= 11 is 5.75. The van der Waals surface area contributed by atoms with Crippen LogP contribution in [0.2, 0.25) is 5.02 Å². The number of aromatic nitrogens is 1. The van der Waals surface area contributed by atoms with E-state index in [0.29, 0.717) is 23.4 Å². The van der Waals surface area contributed by atoms with Gasteiger partial charge in [-0.15, -0.1) is 0 Å². The van der Waals surface area contributed by atoms with Gasteiger partial charge >= 0.3 is 0 Å². The fraction of sp³-hybridized carbons (Fsp3) is 0.105. The zero-order chi connectivity index (χ0) is 19.2. The molecule has 0 unspecified atom stereocenters. The quantitative estimate of drug-likeness (QED) is 0.334. The molecule has 0 atom stereocenters. The lowest BCUT2D eigenvalue weighted by Gasteiger charge is -2.06. The largest absolute Gasteiger partial charge is 0.364 e. The Balaban J connectivity index is 1.80. The standard InChI is InChI=1S/C19H16ClFN4O2/c20-16-10-15(6-7-17(16)21)23-19(24-26)18-13(11-27-25-18)9-14(22)8-12-4-2-1-3-5-12/h1-7,10-11,22,26H,8-9H2,(H,23,24). The van der Waals surface area contributed by atoms with Crippen LogP contribution in [0.3, 0.4) is 0 Å². The number of rotatable bonds is 6. The number of hydrogen-bond donors (Lipinski definition) is 3. The minimum absolute atomic E-state index is 0.00827. The maximum Gasteiger partial charge on any atom is 0.180 e. The maximum atomic E-state index is 13.3.